The summed E-state index contributed by atoms with van der Waals surface area (Å²) in [6, 6.07) is 15.0. The minimum Gasteiger partial charge on any atom is -0.384 e. The largest absolute Gasteiger partial charge is 0.384 e. The van der Waals surface area contributed by atoms with Crippen molar-refractivity contribution in [1.82, 2.24) is 10.6 Å². The van der Waals surface area contributed by atoms with Crippen LogP contribution in [0.25, 0.3) is 10.8 Å². The second kappa shape index (κ2) is 6.06. The molecular formula is C17H18N2S. The second-order valence-electron chi connectivity index (χ2n) is 4.95. The lowest BCUT2D eigenvalue weighted by Crippen LogP contribution is -2.15. The van der Waals surface area contributed by atoms with E-state index in [1.165, 1.54) is 22.0 Å². The fourth-order valence-corrected chi connectivity index (χ4v) is 3.01. The van der Waals surface area contributed by atoms with E-state index in [2.05, 4.69) is 65.1 Å². The van der Waals surface area contributed by atoms with Gasteiger partial charge in [-0.15, -0.1) is 11.8 Å². The molecule has 2 N–H and O–H groups in total. The highest BCUT2D eigenvalue weighted by molar-refractivity contribution is 8.02. The number of hydrogen-bond acceptors (Lipinski definition) is 3. The van der Waals surface area contributed by atoms with Gasteiger partial charge in [-0.05, 0) is 27.8 Å². The average Bonchev–Trinajstić information content (AvgIpc) is 2.98. The predicted octanol–water partition coefficient (Wildman–Crippen LogP) is 3.97. The zero-order chi connectivity index (χ0) is 13.8. The molecule has 2 nitrogen and oxygen atoms in total. The minimum absolute atomic E-state index is 0.824. The molecule has 0 spiro atoms. The Morgan fingerprint density at radius 1 is 1.20 bits per heavy atom. The first-order valence-electron chi connectivity index (χ1n) is 6.75. The molecule has 0 saturated heterocycles. The summed E-state index contributed by atoms with van der Waals surface area (Å²) in [6.07, 6.45) is 0.876. The fraction of sp³-hybridized carbons (Fsp3) is 0.176. The van der Waals surface area contributed by atoms with E-state index < -0.39 is 0 Å². The summed E-state index contributed by atoms with van der Waals surface area (Å²) in [7, 11) is 0. The summed E-state index contributed by atoms with van der Waals surface area (Å²) >= 11 is 1.80. The van der Waals surface area contributed by atoms with Gasteiger partial charge in [-0.2, -0.15) is 0 Å². The van der Waals surface area contributed by atoms with Gasteiger partial charge in [0.15, 0.2) is 0 Å². The van der Waals surface area contributed by atoms with Crippen LogP contribution in [0.3, 0.4) is 0 Å². The van der Waals surface area contributed by atoms with E-state index in [0.29, 0.717) is 0 Å². The molecule has 3 rings (SSSR count). The van der Waals surface area contributed by atoms with Gasteiger partial charge in [-0.3, -0.25) is 0 Å². The maximum Gasteiger partial charge on any atom is 0.0649 e. The standard InChI is InChI=1S/C17H18N2S/c1-13(8-17-11-20-12-19-17)18-10-14-6-7-15-4-2-3-5-16(15)9-14/h2-7,9,11,18-19H,1,8,10,12H2. The van der Waals surface area contributed by atoms with E-state index in [-0.39, 0.29) is 0 Å². The molecule has 0 bridgehead atoms. The number of rotatable bonds is 5. The molecule has 0 aliphatic carbocycles. The first kappa shape index (κ1) is 13.1. The monoisotopic (exact) mass is 282 g/mol. The first-order valence-corrected chi connectivity index (χ1v) is 7.80. The van der Waals surface area contributed by atoms with E-state index in [4.69, 9.17) is 0 Å². The van der Waals surface area contributed by atoms with Crippen molar-refractivity contribution in [2.45, 2.75) is 13.0 Å². The van der Waals surface area contributed by atoms with Crippen LogP contribution in [-0.4, -0.2) is 5.88 Å². The van der Waals surface area contributed by atoms with Crippen LogP contribution in [0.1, 0.15) is 12.0 Å². The van der Waals surface area contributed by atoms with E-state index in [0.717, 1.165) is 24.5 Å². The van der Waals surface area contributed by atoms with Crippen LogP contribution in [0.2, 0.25) is 0 Å². The zero-order valence-electron chi connectivity index (χ0n) is 11.4. The van der Waals surface area contributed by atoms with Crippen molar-refractivity contribution in [3.8, 4) is 0 Å². The van der Waals surface area contributed by atoms with Gasteiger partial charge in [0, 0.05) is 24.4 Å². The highest BCUT2D eigenvalue weighted by Gasteiger charge is 2.05. The van der Waals surface area contributed by atoms with Crippen LogP contribution in [-0.2, 0) is 6.54 Å². The molecule has 1 heterocycles. The van der Waals surface area contributed by atoms with E-state index in [9.17, 15) is 0 Å². The molecule has 1 aliphatic heterocycles. The first-order chi connectivity index (χ1) is 9.81. The quantitative estimate of drug-likeness (QED) is 0.867. The van der Waals surface area contributed by atoms with Crippen molar-refractivity contribution < 1.29 is 0 Å². The molecule has 0 radical (unpaired) electrons. The Balaban J connectivity index is 1.60. The summed E-state index contributed by atoms with van der Waals surface area (Å²) in [4.78, 5) is 0. The maximum absolute atomic E-state index is 4.09. The Labute approximate surface area is 124 Å². The lowest BCUT2D eigenvalue weighted by atomic mass is 10.1. The third-order valence-electron chi connectivity index (χ3n) is 3.37. The summed E-state index contributed by atoms with van der Waals surface area (Å²) in [5, 5.41) is 11.5. The summed E-state index contributed by atoms with van der Waals surface area (Å²) in [5.74, 6) is 0.979. The maximum atomic E-state index is 4.09. The molecule has 1 aliphatic rings. The molecular weight excluding hydrogens is 264 g/mol. The summed E-state index contributed by atoms with van der Waals surface area (Å²) < 4.78 is 0. The Kier molecular flexibility index (Phi) is 3.97. The molecule has 0 fully saturated rings. The summed E-state index contributed by atoms with van der Waals surface area (Å²) in [5.41, 5.74) is 3.60. The van der Waals surface area contributed by atoms with Gasteiger partial charge in [0.25, 0.3) is 0 Å². The minimum atomic E-state index is 0.824. The Morgan fingerprint density at radius 3 is 2.85 bits per heavy atom. The second-order valence-corrected chi connectivity index (χ2v) is 5.80. The van der Waals surface area contributed by atoms with Crippen molar-refractivity contribution in [1.29, 1.82) is 0 Å². The van der Waals surface area contributed by atoms with Gasteiger partial charge >= 0.3 is 0 Å². The van der Waals surface area contributed by atoms with Gasteiger partial charge in [0.1, 0.15) is 0 Å². The van der Waals surface area contributed by atoms with Gasteiger partial charge in [-0.25, -0.2) is 0 Å². The van der Waals surface area contributed by atoms with Crippen LogP contribution in [0.15, 0.2) is 65.8 Å². The van der Waals surface area contributed by atoms with Crippen molar-refractivity contribution in [3.63, 3.8) is 0 Å². The number of fused-ring (bicyclic) bond motifs is 1. The van der Waals surface area contributed by atoms with Crippen LogP contribution in [0, 0.1) is 0 Å². The molecule has 0 atom stereocenters. The third-order valence-corrected chi connectivity index (χ3v) is 4.13. The highest BCUT2D eigenvalue weighted by Crippen LogP contribution is 2.18. The van der Waals surface area contributed by atoms with Crippen LogP contribution < -0.4 is 10.6 Å². The molecule has 0 saturated carbocycles. The van der Waals surface area contributed by atoms with Gasteiger partial charge in [0.05, 0.1) is 5.88 Å². The third kappa shape index (κ3) is 3.17. The fourth-order valence-electron chi connectivity index (χ4n) is 2.29. The van der Waals surface area contributed by atoms with Crippen molar-refractivity contribution in [2.24, 2.45) is 0 Å². The van der Waals surface area contributed by atoms with Gasteiger partial charge in [0.2, 0.25) is 0 Å². The SMILES string of the molecule is C=C(CC1=CSCN1)NCc1ccc2ccccc2c1. The lowest BCUT2D eigenvalue weighted by Gasteiger charge is -2.11. The number of benzene rings is 2. The molecule has 0 amide bonds. The van der Waals surface area contributed by atoms with Crippen molar-refractivity contribution in [2.75, 3.05) is 5.88 Å². The van der Waals surface area contributed by atoms with Crippen LogP contribution in [0.4, 0.5) is 0 Å². The number of nitrogens with one attached hydrogen (secondary N) is 2. The summed E-state index contributed by atoms with van der Waals surface area (Å²) in [6.45, 7) is 4.92. The zero-order valence-corrected chi connectivity index (χ0v) is 12.2. The molecule has 102 valence electrons. The van der Waals surface area contributed by atoms with Gasteiger partial charge in [-0.1, -0.05) is 43.0 Å². The van der Waals surface area contributed by atoms with Crippen LogP contribution in [0.5, 0.6) is 0 Å². The van der Waals surface area contributed by atoms with E-state index >= 15 is 0 Å². The topological polar surface area (TPSA) is 24.1 Å². The molecule has 20 heavy (non-hydrogen) atoms. The Hall–Kier alpha value is -1.87. The van der Waals surface area contributed by atoms with E-state index in [1.54, 1.807) is 11.8 Å². The van der Waals surface area contributed by atoms with Crippen molar-refractivity contribution >= 4 is 22.5 Å². The lowest BCUT2D eigenvalue weighted by molar-refractivity contribution is 0.764. The molecule has 0 unspecified atom stereocenters. The average molecular weight is 282 g/mol. The highest BCUT2D eigenvalue weighted by atomic mass is 32.2. The molecule has 0 aromatic heterocycles. The van der Waals surface area contributed by atoms with Crippen LogP contribution >= 0.6 is 11.8 Å². The molecule has 2 aromatic carbocycles. The van der Waals surface area contributed by atoms with Crippen molar-refractivity contribution in [3.05, 3.63) is 71.4 Å². The van der Waals surface area contributed by atoms with Gasteiger partial charge < -0.3 is 10.6 Å². The Morgan fingerprint density at radius 2 is 2.05 bits per heavy atom. The van der Waals surface area contributed by atoms with E-state index in [1.807, 2.05) is 0 Å². The number of hydrogen-bond donors (Lipinski definition) is 2. The molecule has 3 heteroatoms. The molecule has 2 aromatic rings. The normalized spacial score (nSPS) is 13.9. The number of thioether (sulfide) groups is 1. The Bertz CT molecular complexity index is 661. The predicted molar refractivity (Wildman–Crippen MR) is 88.2 cm³/mol. The smallest absolute Gasteiger partial charge is 0.0649 e.